The molecule has 1 aromatic rings. The highest BCUT2D eigenvalue weighted by Crippen LogP contribution is 2.21. The first kappa shape index (κ1) is 21.4. The number of nitrogens with two attached hydrogens (primary N) is 2. The standard InChI is InChI=1S/C14H23N5O4S.ClH/c1-9-2-3-19(10(4-9)6-15)13(20)8-18-24(22,23)11-5-12(14(16)21)17-7-11;/h5,7,9-10,17-18H,2-4,6,8,15H2,1H3,(H2,16,21);1H. The molecule has 1 fully saturated rings. The molecule has 1 aromatic heterocycles. The van der Waals surface area contributed by atoms with Crippen LogP contribution in [0.25, 0.3) is 0 Å². The van der Waals surface area contributed by atoms with E-state index in [4.69, 9.17) is 11.5 Å². The van der Waals surface area contributed by atoms with Crippen LogP contribution >= 0.6 is 12.4 Å². The van der Waals surface area contributed by atoms with Gasteiger partial charge in [-0.1, -0.05) is 6.92 Å². The summed E-state index contributed by atoms with van der Waals surface area (Å²) in [5, 5.41) is 0. The Balaban J connectivity index is 0.00000312. The average molecular weight is 394 g/mol. The highest BCUT2D eigenvalue weighted by atomic mass is 35.5. The maximum atomic E-state index is 12.3. The Bertz CT molecular complexity index is 721. The number of likely N-dealkylation sites (tertiary alicyclic amines) is 1. The molecule has 9 nitrogen and oxygen atoms in total. The van der Waals surface area contributed by atoms with Crippen LogP contribution in [0.1, 0.15) is 30.3 Å². The normalized spacial score (nSPS) is 20.8. The largest absolute Gasteiger partial charge is 0.364 e. The number of carbonyl (C=O) groups excluding carboxylic acids is 2. The molecule has 1 aliphatic rings. The number of aromatic amines is 1. The van der Waals surface area contributed by atoms with E-state index < -0.39 is 15.9 Å². The van der Waals surface area contributed by atoms with Crippen LogP contribution in [-0.4, -0.2) is 55.8 Å². The van der Waals surface area contributed by atoms with Crippen LogP contribution in [0.3, 0.4) is 0 Å². The molecule has 0 radical (unpaired) electrons. The van der Waals surface area contributed by atoms with Crippen molar-refractivity contribution in [1.82, 2.24) is 14.6 Å². The zero-order valence-electron chi connectivity index (χ0n) is 13.9. The van der Waals surface area contributed by atoms with Gasteiger partial charge in [-0.15, -0.1) is 12.4 Å². The van der Waals surface area contributed by atoms with Gasteiger partial charge in [0.05, 0.1) is 6.54 Å². The number of sulfonamides is 1. The van der Waals surface area contributed by atoms with Crippen molar-refractivity contribution in [2.24, 2.45) is 17.4 Å². The monoisotopic (exact) mass is 393 g/mol. The van der Waals surface area contributed by atoms with Crippen molar-refractivity contribution >= 4 is 34.2 Å². The minimum Gasteiger partial charge on any atom is -0.364 e. The summed E-state index contributed by atoms with van der Waals surface area (Å²) in [5.41, 5.74) is 10.8. The summed E-state index contributed by atoms with van der Waals surface area (Å²) in [6.07, 6.45) is 2.84. The number of nitrogens with zero attached hydrogens (tertiary/aromatic N) is 1. The Morgan fingerprint density at radius 2 is 2.12 bits per heavy atom. The molecule has 2 rings (SSSR count). The Hall–Kier alpha value is -1.62. The van der Waals surface area contributed by atoms with Crippen molar-refractivity contribution in [2.45, 2.75) is 30.7 Å². The molecular weight excluding hydrogens is 370 g/mol. The highest BCUT2D eigenvalue weighted by Gasteiger charge is 2.29. The van der Waals surface area contributed by atoms with Crippen LogP contribution in [0.4, 0.5) is 0 Å². The molecule has 0 aliphatic carbocycles. The van der Waals surface area contributed by atoms with E-state index in [1.807, 2.05) is 0 Å². The fourth-order valence-electron chi connectivity index (χ4n) is 2.82. The van der Waals surface area contributed by atoms with E-state index in [9.17, 15) is 18.0 Å². The molecule has 1 saturated heterocycles. The van der Waals surface area contributed by atoms with Gasteiger partial charge in [-0.2, -0.15) is 0 Å². The third-order valence-corrected chi connectivity index (χ3v) is 5.60. The number of aromatic nitrogens is 1. The molecule has 2 unspecified atom stereocenters. The fraction of sp³-hybridized carbons (Fsp3) is 0.571. The number of rotatable bonds is 6. The van der Waals surface area contributed by atoms with Crippen molar-refractivity contribution in [3.63, 3.8) is 0 Å². The van der Waals surface area contributed by atoms with E-state index in [1.54, 1.807) is 4.90 Å². The second-order valence-electron chi connectivity index (χ2n) is 6.04. The van der Waals surface area contributed by atoms with Crippen LogP contribution < -0.4 is 16.2 Å². The predicted molar refractivity (Wildman–Crippen MR) is 94.7 cm³/mol. The van der Waals surface area contributed by atoms with Gasteiger partial charge in [0.25, 0.3) is 5.91 Å². The van der Waals surface area contributed by atoms with Gasteiger partial charge in [-0.25, -0.2) is 13.1 Å². The number of hydrogen-bond donors (Lipinski definition) is 4. The van der Waals surface area contributed by atoms with E-state index in [1.165, 1.54) is 0 Å². The number of amides is 2. The number of piperidine rings is 1. The van der Waals surface area contributed by atoms with Crippen LogP contribution in [0.15, 0.2) is 17.2 Å². The summed E-state index contributed by atoms with van der Waals surface area (Å²) in [7, 11) is -3.91. The SMILES string of the molecule is CC1CCN(C(=O)CNS(=O)(=O)c2c[nH]c(C(N)=O)c2)C(CN)C1.Cl. The quantitative estimate of drug-likeness (QED) is 0.508. The van der Waals surface area contributed by atoms with Gasteiger partial charge in [-0.3, -0.25) is 9.59 Å². The third-order valence-electron chi connectivity index (χ3n) is 4.22. The summed E-state index contributed by atoms with van der Waals surface area (Å²) in [4.78, 5) is 27.3. The average Bonchev–Trinajstić information content (AvgIpc) is 3.03. The molecule has 25 heavy (non-hydrogen) atoms. The second kappa shape index (κ2) is 8.65. The van der Waals surface area contributed by atoms with Gasteiger partial charge < -0.3 is 21.4 Å². The van der Waals surface area contributed by atoms with Gasteiger partial charge in [0.1, 0.15) is 10.6 Å². The molecule has 0 aromatic carbocycles. The Morgan fingerprint density at radius 3 is 2.68 bits per heavy atom. The van der Waals surface area contributed by atoms with E-state index in [-0.39, 0.29) is 41.5 Å². The van der Waals surface area contributed by atoms with Gasteiger partial charge in [0, 0.05) is 25.3 Å². The Kier molecular flexibility index (Phi) is 7.42. The zero-order chi connectivity index (χ0) is 17.9. The van der Waals surface area contributed by atoms with Crippen LogP contribution in [-0.2, 0) is 14.8 Å². The molecule has 0 saturated carbocycles. The van der Waals surface area contributed by atoms with Gasteiger partial charge in [0.15, 0.2) is 0 Å². The minimum absolute atomic E-state index is 0. The lowest BCUT2D eigenvalue weighted by Gasteiger charge is -2.38. The molecule has 0 spiro atoms. The molecule has 2 atom stereocenters. The Morgan fingerprint density at radius 1 is 1.44 bits per heavy atom. The molecule has 2 heterocycles. The number of H-pyrrole nitrogens is 1. The van der Waals surface area contributed by atoms with Crippen molar-refractivity contribution < 1.29 is 18.0 Å². The van der Waals surface area contributed by atoms with Crippen LogP contribution in [0.2, 0.25) is 0 Å². The number of primary amides is 1. The summed E-state index contributed by atoms with van der Waals surface area (Å²) in [5.74, 6) is -0.585. The highest BCUT2D eigenvalue weighted by molar-refractivity contribution is 7.89. The second-order valence-corrected chi connectivity index (χ2v) is 7.81. The van der Waals surface area contributed by atoms with E-state index in [0.717, 1.165) is 25.1 Å². The molecule has 11 heteroatoms. The van der Waals surface area contributed by atoms with E-state index in [0.29, 0.717) is 19.0 Å². The van der Waals surface area contributed by atoms with Crippen molar-refractivity contribution in [3.8, 4) is 0 Å². The lowest BCUT2D eigenvalue weighted by atomic mass is 9.92. The zero-order valence-corrected chi connectivity index (χ0v) is 15.5. The molecule has 2 amide bonds. The lowest BCUT2D eigenvalue weighted by Crippen LogP contribution is -2.52. The summed E-state index contributed by atoms with van der Waals surface area (Å²) < 4.78 is 26.6. The van der Waals surface area contributed by atoms with Gasteiger partial charge in [0.2, 0.25) is 15.9 Å². The molecule has 0 bridgehead atoms. The summed E-state index contributed by atoms with van der Waals surface area (Å²) in [6, 6.07) is 1.06. The Labute approximate surface area is 153 Å². The molecule has 1 aliphatic heterocycles. The lowest BCUT2D eigenvalue weighted by molar-refractivity contribution is -0.134. The van der Waals surface area contributed by atoms with Crippen LogP contribution in [0, 0.1) is 5.92 Å². The van der Waals surface area contributed by atoms with Crippen molar-refractivity contribution in [3.05, 3.63) is 18.0 Å². The van der Waals surface area contributed by atoms with Gasteiger partial charge >= 0.3 is 0 Å². The fourth-order valence-corrected chi connectivity index (χ4v) is 3.78. The number of nitrogens with one attached hydrogen (secondary N) is 2. The molecule has 6 N–H and O–H groups in total. The van der Waals surface area contributed by atoms with Crippen LogP contribution in [0.5, 0.6) is 0 Å². The first-order valence-electron chi connectivity index (χ1n) is 7.72. The van der Waals surface area contributed by atoms with Crippen molar-refractivity contribution in [1.29, 1.82) is 0 Å². The van der Waals surface area contributed by atoms with Gasteiger partial charge in [-0.05, 0) is 24.8 Å². The topological polar surface area (TPSA) is 151 Å². The summed E-state index contributed by atoms with van der Waals surface area (Å²) in [6.45, 7) is 2.67. The first-order valence-corrected chi connectivity index (χ1v) is 9.20. The first-order chi connectivity index (χ1) is 11.2. The van der Waals surface area contributed by atoms with E-state index in [2.05, 4.69) is 16.6 Å². The maximum Gasteiger partial charge on any atom is 0.265 e. The number of hydrogen-bond acceptors (Lipinski definition) is 5. The maximum absolute atomic E-state index is 12.3. The van der Waals surface area contributed by atoms with Crippen molar-refractivity contribution in [2.75, 3.05) is 19.6 Å². The number of halogens is 1. The molecule has 142 valence electrons. The molecular formula is C14H24ClN5O4S. The number of carbonyl (C=O) groups is 2. The predicted octanol–water partition coefficient (Wildman–Crippen LogP) is -0.600. The smallest absolute Gasteiger partial charge is 0.265 e. The third kappa shape index (κ3) is 5.18. The van der Waals surface area contributed by atoms with E-state index >= 15 is 0 Å². The minimum atomic E-state index is -3.91. The summed E-state index contributed by atoms with van der Waals surface area (Å²) >= 11 is 0.